The lowest BCUT2D eigenvalue weighted by Gasteiger charge is -2.05. The number of carboxylic acid groups (broad SMARTS) is 1. The van der Waals surface area contributed by atoms with Crippen LogP contribution in [0, 0.1) is 5.41 Å². The van der Waals surface area contributed by atoms with Gasteiger partial charge in [0.15, 0.2) is 5.41 Å². The molecule has 2 saturated carbocycles. The number of esters is 1. The Balaban J connectivity index is 2.31. The molecule has 2 aliphatic rings. The van der Waals surface area contributed by atoms with Crippen molar-refractivity contribution in [3.8, 4) is 0 Å². The van der Waals surface area contributed by atoms with Crippen molar-refractivity contribution in [3.05, 3.63) is 11.1 Å². The smallest absolute Gasteiger partial charge is 0.327 e. The number of carbonyl (C=O) groups is 2. The zero-order valence-corrected chi connectivity index (χ0v) is 7.29. The standard InChI is InChI=1S/C9H10O4/c1-13-8(12)9(7(10)11)4-6(9)5-2-3-5/h2-4H2,1H3,(H,10,11). The van der Waals surface area contributed by atoms with Crippen LogP contribution in [0.15, 0.2) is 11.1 Å². The first kappa shape index (κ1) is 8.29. The molecule has 1 atom stereocenters. The van der Waals surface area contributed by atoms with E-state index in [0.717, 1.165) is 24.0 Å². The van der Waals surface area contributed by atoms with Gasteiger partial charge >= 0.3 is 11.9 Å². The molecule has 2 aliphatic carbocycles. The molecule has 2 fully saturated rings. The first-order chi connectivity index (χ1) is 6.13. The van der Waals surface area contributed by atoms with Crippen LogP contribution in [0.4, 0.5) is 0 Å². The maximum absolute atomic E-state index is 11.2. The third kappa shape index (κ3) is 0.978. The highest BCUT2D eigenvalue weighted by Gasteiger charge is 2.65. The number of hydrogen-bond acceptors (Lipinski definition) is 3. The van der Waals surface area contributed by atoms with Crippen molar-refractivity contribution in [1.29, 1.82) is 0 Å². The minimum absolute atomic E-state index is 0.352. The minimum Gasteiger partial charge on any atom is -0.480 e. The predicted molar refractivity (Wildman–Crippen MR) is 43.0 cm³/mol. The van der Waals surface area contributed by atoms with Crippen LogP contribution in [0.25, 0.3) is 0 Å². The average Bonchev–Trinajstić information content (AvgIpc) is 2.92. The molecule has 0 aromatic rings. The quantitative estimate of drug-likeness (QED) is 0.388. The minimum atomic E-state index is -1.30. The van der Waals surface area contributed by atoms with Gasteiger partial charge in [-0.15, -0.1) is 0 Å². The normalized spacial score (nSPS) is 29.9. The first-order valence-electron chi connectivity index (χ1n) is 4.16. The predicted octanol–water partition coefficient (Wildman–Crippen LogP) is 0.724. The third-order valence-corrected chi connectivity index (χ3v) is 2.66. The highest BCUT2D eigenvalue weighted by atomic mass is 16.5. The molecule has 0 saturated heterocycles. The molecule has 1 unspecified atom stereocenters. The van der Waals surface area contributed by atoms with E-state index in [1.165, 1.54) is 7.11 Å². The third-order valence-electron chi connectivity index (χ3n) is 2.66. The summed E-state index contributed by atoms with van der Waals surface area (Å²) in [5, 5.41) is 8.92. The van der Waals surface area contributed by atoms with Gasteiger partial charge in [0, 0.05) is 6.42 Å². The lowest BCUT2D eigenvalue weighted by atomic mass is 10.1. The molecule has 0 bridgehead atoms. The number of allylic oxidation sites excluding steroid dienone is 1. The Labute approximate surface area is 75.2 Å². The Bertz CT molecular complexity index is 323. The van der Waals surface area contributed by atoms with Crippen LogP contribution in [-0.4, -0.2) is 24.2 Å². The average molecular weight is 182 g/mol. The fraction of sp³-hybridized carbons (Fsp3) is 0.556. The molecule has 2 rings (SSSR count). The van der Waals surface area contributed by atoms with E-state index >= 15 is 0 Å². The van der Waals surface area contributed by atoms with Crippen LogP contribution in [0.1, 0.15) is 19.3 Å². The van der Waals surface area contributed by atoms with Crippen molar-refractivity contribution in [2.75, 3.05) is 7.11 Å². The van der Waals surface area contributed by atoms with E-state index in [1.54, 1.807) is 0 Å². The van der Waals surface area contributed by atoms with Gasteiger partial charge in [-0.05, 0) is 18.4 Å². The number of carbonyl (C=O) groups excluding carboxylic acids is 1. The van der Waals surface area contributed by atoms with Gasteiger partial charge in [0.25, 0.3) is 0 Å². The first-order valence-corrected chi connectivity index (χ1v) is 4.16. The molecule has 0 aromatic heterocycles. The second-order valence-corrected chi connectivity index (χ2v) is 3.46. The van der Waals surface area contributed by atoms with Crippen LogP contribution in [0.5, 0.6) is 0 Å². The lowest BCUT2D eigenvalue weighted by molar-refractivity contribution is -0.158. The maximum Gasteiger partial charge on any atom is 0.327 e. The summed E-state index contributed by atoms with van der Waals surface area (Å²) in [7, 11) is 1.22. The summed E-state index contributed by atoms with van der Waals surface area (Å²) in [6.45, 7) is 0. The monoisotopic (exact) mass is 182 g/mol. The van der Waals surface area contributed by atoms with E-state index in [2.05, 4.69) is 4.74 Å². The van der Waals surface area contributed by atoms with E-state index in [1.807, 2.05) is 0 Å². The van der Waals surface area contributed by atoms with Crippen LogP contribution < -0.4 is 0 Å². The fourth-order valence-corrected chi connectivity index (χ4v) is 1.67. The SMILES string of the molecule is COC(=O)C1(C(=O)O)CC1=C1CC1. The van der Waals surface area contributed by atoms with Gasteiger partial charge in [0.2, 0.25) is 0 Å². The molecule has 0 radical (unpaired) electrons. The number of carboxylic acids is 1. The summed E-state index contributed by atoms with van der Waals surface area (Å²) >= 11 is 0. The topological polar surface area (TPSA) is 63.6 Å². The largest absolute Gasteiger partial charge is 0.480 e. The van der Waals surface area contributed by atoms with Crippen LogP contribution >= 0.6 is 0 Å². The van der Waals surface area contributed by atoms with Crippen LogP contribution in [0.2, 0.25) is 0 Å². The van der Waals surface area contributed by atoms with Gasteiger partial charge < -0.3 is 9.84 Å². The fourth-order valence-electron chi connectivity index (χ4n) is 1.67. The molecule has 0 aromatic carbocycles. The molecule has 1 N–H and O–H groups in total. The van der Waals surface area contributed by atoms with Crippen molar-refractivity contribution in [2.24, 2.45) is 5.41 Å². The summed E-state index contributed by atoms with van der Waals surface area (Å²) in [5.41, 5.74) is 0.611. The van der Waals surface area contributed by atoms with Crippen molar-refractivity contribution >= 4 is 11.9 Å². The van der Waals surface area contributed by atoms with Crippen molar-refractivity contribution in [1.82, 2.24) is 0 Å². The summed E-state index contributed by atoms with van der Waals surface area (Å²) in [6, 6.07) is 0. The Morgan fingerprint density at radius 1 is 1.46 bits per heavy atom. The molecule has 0 aliphatic heterocycles. The molecule has 0 heterocycles. The van der Waals surface area contributed by atoms with Crippen LogP contribution in [0.3, 0.4) is 0 Å². The molecule has 70 valence electrons. The van der Waals surface area contributed by atoms with E-state index in [9.17, 15) is 9.59 Å². The van der Waals surface area contributed by atoms with Crippen molar-refractivity contribution < 1.29 is 19.4 Å². The zero-order chi connectivity index (χ0) is 9.64. The van der Waals surface area contributed by atoms with Crippen LogP contribution in [-0.2, 0) is 14.3 Å². The lowest BCUT2D eigenvalue weighted by Crippen LogP contribution is -2.27. The number of rotatable bonds is 2. The van der Waals surface area contributed by atoms with Gasteiger partial charge in [-0.2, -0.15) is 0 Å². The number of hydrogen-bond donors (Lipinski definition) is 1. The van der Waals surface area contributed by atoms with E-state index in [-0.39, 0.29) is 0 Å². The highest BCUT2D eigenvalue weighted by molar-refractivity contribution is 6.08. The Kier molecular flexibility index (Phi) is 1.49. The molecule has 0 amide bonds. The molecule has 4 nitrogen and oxygen atoms in total. The van der Waals surface area contributed by atoms with Gasteiger partial charge in [-0.3, -0.25) is 9.59 Å². The highest BCUT2D eigenvalue weighted by Crippen LogP contribution is 2.59. The molecule has 4 heteroatoms. The molecule has 0 spiro atoms. The van der Waals surface area contributed by atoms with Gasteiger partial charge in [-0.1, -0.05) is 5.57 Å². The summed E-state index contributed by atoms with van der Waals surface area (Å²) in [5.74, 6) is -1.71. The molecular formula is C9H10O4. The van der Waals surface area contributed by atoms with E-state index in [0.29, 0.717) is 6.42 Å². The number of ether oxygens (including phenoxy) is 1. The Hall–Kier alpha value is -1.32. The number of aliphatic carboxylic acids is 1. The van der Waals surface area contributed by atoms with Gasteiger partial charge in [0.05, 0.1) is 7.11 Å². The van der Waals surface area contributed by atoms with Gasteiger partial charge in [0.1, 0.15) is 0 Å². The van der Waals surface area contributed by atoms with E-state index in [4.69, 9.17) is 5.11 Å². The molecular weight excluding hydrogens is 172 g/mol. The maximum atomic E-state index is 11.2. The summed E-state index contributed by atoms with van der Waals surface area (Å²) < 4.78 is 4.49. The van der Waals surface area contributed by atoms with Gasteiger partial charge in [-0.25, -0.2) is 0 Å². The summed E-state index contributed by atoms with van der Waals surface area (Å²) in [4.78, 5) is 22.1. The number of methoxy groups -OCH3 is 1. The second-order valence-electron chi connectivity index (χ2n) is 3.46. The Morgan fingerprint density at radius 3 is 2.46 bits per heavy atom. The van der Waals surface area contributed by atoms with Crippen molar-refractivity contribution in [3.63, 3.8) is 0 Å². The van der Waals surface area contributed by atoms with E-state index < -0.39 is 17.4 Å². The van der Waals surface area contributed by atoms with Crippen molar-refractivity contribution in [2.45, 2.75) is 19.3 Å². The second kappa shape index (κ2) is 2.34. The zero-order valence-electron chi connectivity index (χ0n) is 7.29. The summed E-state index contributed by atoms with van der Waals surface area (Å²) in [6.07, 6.45) is 2.24. The Morgan fingerprint density at radius 2 is 2.08 bits per heavy atom. The molecule has 13 heavy (non-hydrogen) atoms.